The lowest BCUT2D eigenvalue weighted by molar-refractivity contribution is 0.180. The summed E-state index contributed by atoms with van der Waals surface area (Å²) in [5, 5.41) is 0. The standard InChI is InChI=1S/C9H20N2O2S.ClH/c1-9(10)3-5-11(6-4-9)7-8-14(2,12)13;/h3-8,10H2,1-2H3;1H. The summed E-state index contributed by atoms with van der Waals surface area (Å²) in [6, 6.07) is 0. The molecule has 1 heterocycles. The molecule has 0 unspecified atom stereocenters. The molecule has 15 heavy (non-hydrogen) atoms. The highest BCUT2D eigenvalue weighted by atomic mass is 35.5. The zero-order valence-electron chi connectivity index (χ0n) is 9.40. The van der Waals surface area contributed by atoms with Crippen LogP contribution in [0.3, 0.4) is 0 Å². The smallest absolute Gasteiger partial charge is 0.148 e. The van der Waals surface area contributed by atoms with Gasteiger partial charge in [-0.3, -0.25) is 0 Å². The van der Waals surface area contributed by atoms with Gasteiger partial charge in [0.15, 0.2) is 0 Å². The van der Waals surface area contributed by atoms with E-state index in [1.807, 2.05) is 0 Å². The largest absolute Gasteiger partial charge is 0.325 e. The molecule has 4 nitrogen and oxygen atoms in total. The predicted molar refractivity (Wildman–Crippen MR) is 65.2 cm³/mol. The van der Waals surface area contributed by atoms with Crippen LogP contribution in [0.15, 0.2) is 0 Å². The van der Waals surface area contributed by atoms with Gasteiger partial charge in [-0.25, -0.2) is 8.42 Å². The van der Waals surface area contributed by atoms with Crippen LogP contribution in [0, 0.1) is 0 Å². The molecule has 2 N–H and O–H groups in total. The normalized spacial score (nSPS) is 22.1. The molecule has 0 aromatic carbocycles. The van der Waals surface area contributed by atoms with E-state index in [1.54, 1.807) is 0 Å². The van der Waals surface area contributed by atoms with Crippen LogP contribution in [-0.2, 0) is 9.84 Å². The molecular formula is C9H21ClN2O2S. The summed E-state index contributed by atoms with van der Waals surface area (Å²) < 4.78 is 21.9. The number of hydrogen-bond acceptors (Lipinski definition) is 4. The second-order valence-corrected chi connectivity index (χ2v) is 6.89. The van der Waals surface area contributed by atoms with Crippen LogP contribution in [0.4, 0.5) is 0 Å². The summed E-state index contributed by atoms with van der Waals surface area (Å²) in [6.07, 6.45) is 3.19. The van der Waals surface area contributed by atoms with Gasteiger partial charge in [-0.15, -0.1) is 12.4 Å². The lowest BCUT2D eigenvalue weighted by atomic mass is 9.91. The molecule has 0 aromatic heterocycles. The summed E-state index contributed by atoms with van der Waals surface area (Å²) >= 11 is 0. The molecule has 92 valence electrons. The van der Waals surface area contributed by atoms with Crippen molar-refractivity contribution in [2.24, 2.45) is 5.73 Å². The van der Waals surface area contributed by atoms with Crippen LogP contribution >= 0.6 is 12.4 Å². The first-order chi connectivity index (χ1) is 6.29. The van der Waals surface area contributed by atoms with Crippen LogP contribution in [0.5, 0.6) is 0 Å². The highest BCUT2D eigenvalue weighted by Gasteiger charge is 2.25. The van der Waals surface area contributed by atoms with Crippen molar-refractivity contribution in [2.45, 2.75) is 25.3 Å². The minimum Gasteiger partial charge on any atom is -0.325 e. The summed E-state index contributed by atoms with van der Waals surface area (Å²) in [5.74, 6) is 0.258. The molecule has 0 radical (unpaired) electrons. The van der Waals surface area contributed by atoms with Gasteiger partial charge in [0.1, 0.15) is 9.84 Å². The molecule has 1 saturated heterocycles. The average Bonchev–Trinajstić information content (AvgIpc) is 2.01. The third kappa shape index (κ3) is 6.35. The van der Waals surface area contributed by atoms with E-state index in [2.05, 4.69) is 11.8 Å². The summed E-state index contributed by atoms with van der Waals surface area (Å²) in [7, 11) is -2.83. The first kappa shape index (κ1) is 15.2. The Morgan fingerprint density at radius 2 is 1.80 bits per heavy atom. The van der Waals surface area contributed by atoms with Crippen molar-refractivity contribution in [1.29, 1.82) is 0 Å². The van der Waals surface area contributed by atoms with Crippen LogP contribution in [0.25, 0.3) is 0 Å². The van der Waals surface area contributed by atoms with E-state index >= 15 is 0 Å². The van der Waals surface area contributed by atoms with Crippen LogP contribution in [0.2, 0.25) is 0 Å². The zero-order valence-corrected chi connectivity index (χ0v) is 11.0. The Balaban J connectivity index is 0.00000196. The Morgan fingerprint density at radius 1 is 1.33 bits per heavy atom. The minimum absolute atomic E-state index is 0. The second-order valence-electron chi connectivity index (χ2n) is 4.63. The quantitative estimate of drug-likeness (QED) is 0.787. The van der Waals surface area contributed by atoms with Crippen molar-refractivity contribution in [3.05, 3.63) is 0 Å². The highest BCUT2D eigenvalue weighted by Crippen LogP contribution is 2.18. The van der Waals surface area contributed by atoms with E-state index in [1.165, 1.54) is 6.26 Å². The van der Waals surface area contributed by atoms with Gasteiger partial charge in [0.25, 0.3) is 0 Å². The van der Waals surface area contributed by atoms with Crippen LogP contribution in [-0.4, -0.2) is 50.5 Å². The lowest BCUT2D eigenvalue weighted by Crippen LogP contribution is -2.48. The van der Waals surface area contributed by atoms with Crippen LogP contribution < -0.4 is 5.73 Å². The van der Waals surface area contributed by atoms with Crippen molar-refractivity contribution >= 4 is 22.2 Å². The molecule has 0 spiro atoms. The molecule has 0 aromatic rings. The van der Waals surface area contributed by atoms with E-state index in [4.69, 9.17) is 5.73 Å². The Labute approximate surface area is 98.5 Å². The van der Waals surface area contributed by atoms with E-state index in [0.717, 1.165) is 25.9 Å². The molecule has 0 amide bonds. The van der Waals surface area contributed by atoms with Gasteiger partial charge < -0.3 is 10.6 Å². The van der Waals surface area contributed by atoms with Gasteiger partial charge in [-0.2, -0.15) is 0 Å². The topological polar surface area (TPSA) is 63.4 Å². The molecule has 6 heteroatoms. The van der Waals surface area contributed by atoms with Crippen molar-refractivity contribution in [3.8, 4) is 0 Å². The second kappa shape index (κ2) is 5.48. The molecule has 0 atom stereocenters. The number of piperidine rings is 1. The maximum absolute atomic E-state index is 10.9. The molecule has 1 aliphatic rings. The van der Waals surface area contributed by atoms with Gasteiger partial charge in [-0.1, -0.05) is 0 Å². The number of sulfone groups is 1. The van der Waals surface area contributed by atoms with Gasteiger partial charge in [-0.05, 0) is 32.9 Å². The zero-order chi connectivity index (χ0) is 10.8. The van der Waals surface area contributed by atoms with Gasteiger partial charge >= 0.3 is 0 Å². The summed E-state index contributed by atoms with van der Waals surface area (Å²) in [6.45, 7) is 4.54. The van der Waals surface area contributed by atoms with E-state index in [-0.39, 0.29) is 23.7 Å². The van der Waals surface area contributed by atoms with Crippen LogP contribution in [0.1, 0.15) is 19.8 Å². The fourth-order valence-corrected chi connectivity index (χ4v) is 2.17. The highest BCUT2D eigenvalue weighted by molar-refractivity contribution is 7.90. The Bertz CT molecular complexity index is 280. The predicted octanol–water partition coefficient (Wildman–Crippen LogP) is 0.266. The SMILES string of the molecule is CC1(N)CCN(CCS(C)(=O)=O)CC1.Cl. The monoisotopic (exact) mass is 256 g/mol. The number of halogens is 1. The van der Waals surface area contributed by atoms with Gasteiger partial charge in [0.05, 0.1) is 5.75 Å². The average molecular weight is 257 g/mol. The van der Waals surface area contributed by atoms with Gasteiger partial charge in [0.2, 0.25) is 0 Å². The van der Waals surface area contributed by atoms with Crippen molar-refractivity contribution in [1.82, 2.24) is 4.90 Å². The first-order valence-corrected chi connectivity index (χ1v) is 7.04. The fraction of sp³-hybridized carbons (Fsp3) is 1.00. The van der Waals surface area contributed by atoms with E-state index in [0.29, 0.717) is 6.54 Å². The Kier molecular flexibility index (Phi) is 5.54. The van der Waals surface area contributed by atoms with E-state index < -0.39 is 9.84 Å². The molecule has 1 aliphatic heterocycles. The van der Waals surface area contributed by atoms with E-state index in [9.17, 15) is 8.42 Å². The number of nitrogens with zero attached hydrogens (tertiary/aromatic N) is 1. The van der Waals surface area contributed by atoms with Crippen molar-refractivity contribution < 1.29 is 8.42 Å². The third-order valence-electron chi connectivity index (χ3n) is 2.78. The fourth-order valence-electron chi connectivity index (χ4n) is 1.58. The molecular weight excluding hydrogens is 236 g/mol. The van der Waals surface area contributed by atoms with Gasteiger partial charge in [0, 0.05) is 18.3 Å². The first-order valence-electron chi connectivity index (χ1n) is 4.97. The molecule has 0 saturated carbocycles. The van der Waals surface area contributed by atoms with Crippen molar-refractivity contribution in [3.63, 3.8) is 0 Å². The number of likely N-dealkylation sites (tertiary alicyclic amines) is 1. The summed E-state index contributed by atoms with van der Waals surface area (Å²) in [4.78, 5) is 2.18. The lowest BCUT2D eigenvalue weighted by Gasteiger charge is -2.36. The third-order valence-corrected chi connectivity index (χ3v) is 3.70. The Hall–Kier alpha value is 0.160. The minimum atomic E-state index is -2.83. The maximum atomic E-state index is 10.9. The summed E-state index contributed by atoms with van der Waals surface area (Å²) in [5.41, 5.74) is 5.92. The molecule has 1 fully saturated rings. The molecule has 1 rings (SSSR count). The number of nitrogens with two attached hydrogens (primary N) is 1. The maximum Gasteiger partial charge on any atom is 0.148 e. The molecule has 0 aliphatic carbocycles. The molecule has 0 bridgehead atoms. The van der Waals surface area contributed by atoms with Crippen molar-refractivity contribution in [2.75, 3.05) is 31.6 Å². The Morgan fingerprint density at radius 3 is 2.20 bits per heavy atom. The number of rotatable bonds is 3. The number of hydrogen-bond donors (Lipinski definition) is 1.